The van der Waals surface area contributed by atoms with E-state index in [2.05, 4.69) is 33.7 Å². The first-order valence-corrected chi connectivity index (χ1v) is 8.87. The van der Waals surface area contributed by atoms with Crippen molar-refractivity contribution in [3.63, 3.8) is 0 Å². The molecule has 3 atom stereocenters. The monoisotopic (exact) mass is 340 g/mol. The van der Waals surface area contributed by atoms with E-state index in [1.165, 1.54) is 12.7 Å². The molecule has 4 rings (SSSR count). The summed E-state index contributed by atoms with van der Waals surface area (Å²) in [7, 11) is 1.47. The molecular formula is C20H24N2O3. The largest absolute Gasteiger partial charge is 0.467 e. The third kappa shape index (κ3) is 2.41. The molecule has 0 aliphatic carbocycles. The number of likely N-dealkylation sites (tertiary alicyclic amines) is 1. The Morgan fingerprint density at radius 1 is 1.40 bits per heavy atom. The fourth-order valence-corrected chi connectivity index (χ4v) is 4.65. The fourth-order valence-electron chi connectivity index (χ4n) is 4.65. The summed E-state index contributed by atoms with van der Waals surface area (Å²) in [5, 5.41) is 10.6. The number of para-hydroxylation sites is 1. The summed E-state index contributed by atoms with van der Waals surface area (Å²) in [4.78, 5) is 15.0. The first kappa shape index (κ1) is 16.4. The number of hydrogen-bond acceptors (Lipinski definition) is 4. The molecule has 3 unspecified atom stereocenters. The van der Waals surface area contributed by atoms with Gasteiger partial charge in [0.2, 0.25) is 0 Å². The van der Waals surface area contributed by atoms with E-state index >= 15 is 0 Å². The van der Waals surface area contributed by atoms with Crippen molar-refractivity contribution in [2.75, 3.05) is 26.8 Å². The lowest BCUT2D eigenvalue weighted by atomic mass is 9.77. The first-order chi connectivity index (χ1) is 12.2. The van der Waals surface area contributed by atoms with Crippen LogP contribution in [0.15, 0.2) is 42.0 Å². The van der Waals surface area contributed by atoms with Gasteiger partial charge in [-0.3, -0.25) is 4.90 Å². The van der Waals surface area contributed by atoms with E-state index in [0.717, 1.165) is 29.6 Å². The number of benzene rings is 1. The average molecular weight is 340 g/mol. The molecule has 0 amide bonds. The molecule has 3 heterocycles. The number of rotatable bonds is 3. The Morgan fingerprint density at radius 3 is 2.92 bits per heavy atom. The van der Waals surface area contributed by atoms with Gasteiger partial charge in [-0.2, -0.15) is 0 Å². The smallest absolute Gasteiger partial charge is 0.329 e. The van der Waals surface area contributed by atoms with Crippen LogP contribution in [0.2, 0.25) is 0 Å². The summed E-state index contributed by atoms with van der Waals surface area (Å²) in [6, 6.07) is 10.3. The van der Waals surface area contributed by atoms with Crippen LogP contribution in [-0.4, -0.2) is 47.3 Å². The Kier molecular flexibility index (Phi) is 4.13. The molecule has 5 nitrogen and oxygen atoms in total. The molecule has 25 heavy (non-hydrogen) atoms. The van der Waals surface area contributed by atoms with Crippen LogP contribution < -0.4 is 0 Å². The van der Waals surface area contributed by atoms with Crippen molar-refractivity contribution in [1.29, 1.82) is 0 Å². The third-order valence-electron chi connectivity index (χ3n) is 5.76. The molecule has 1 aromatic heterocycles. The van der Waals surface area contributed by atoms with Crippen LogP contribution in [-0.2, 0) is 9.53 Å². The maximum atomic E-state index is 12.7. The summed E-state index contributed by atoms with van der Waals surface area (Å²) in [6.45, 7) is 3.60. The average Bonchev–Trinajstić information content (AvgIpc) is 3.03. The highest BCUT2D eigenvalue weighted by atomic mass is 16.5. The number of aliphatic hydroxyl groups is 1. The molecule has 1 saturated heterocycles. The van der Waals surface area contributed by atoms with Crippen LogP contribution in [0.25, 0.3) is 10.9 Å². The Balaban J connectivity index is 1.95. The highest BCUT2D eigenvalue weighted by molar-refractivity contribution is 5.85. The zero-order chi connectivity index (χ0) is 17.6. The molecule has 2 aliphatic rings. The Morgan fingerprint density at radius 2 is 2.20 bits per heavy atom. The predicted octanol–water partition coefficient (Wildman–Crippen LogP) is 2.67. The van der Waals surface area contributed by atoms with Crippen LogP contribution in [0.1, 0.15) is 31.1 Å². The number of β-amino-alcohol motifs (C(OH)–C–C–N with tert-alkyl or cyclic N) is 1. The summed E-state index contributed by atoms with van der Waals surface area (Å²) in [6.07, 6.45) is 3.01. The number of esters is 1. The number of ether oxygens (including phenoxy) is 1. The molecule has 1 aromatic carbocycles. The number of fused-ring (bicyclic) bond motifs is 6. The number of methoxy groups -OCH3 is 1. The number of nitrogens with zero attached hydrogens (tertiary/aromatic N) is 2. The van der Waals surface area contributed by atoms with Gasteiger partial charge in [-0.1, -0.05) is 29.8 Å². The Hall–Kier alpha value is -2.11. The van der Waals surface area contributed by atoms with Gasteiger partial charge in [0.05, 0.1) is 19.8 Å². The van der Waals surface area contributed by atoms with Crippen molar-refractivity contribution in [3.8, 4) is 0 Å². The third-order valence-corrected chi connectivity index (χ3v) is 5.76. The molecule has 1 N–H and O–H groups in total. The maximum Gasteiger partial charge on any atom is 0.329 e. The number of allylic oxidation sites excluding steroid dienone is 1. The summed E-state index contributed by atoms with van der Waals surface area (Å²) >= 11 is 0. The van der Waals surface area contributed by atoms with E-state index in [1.807, 2.05) is 19.1 Å². The summed E-state index contributed by atoms with van der Waals surface area (Å²) in [5.74, 6) is -0.0401. The van der Waals surface area contributed by atoms with Crippen LogP contribution in [0.4, 0.5) is 0 Å². The minimum absolute atomic E-state index is 0.138. The lowest BCUT2D eigenvalue weighted by molar-refractivity contribution is -0.147. The van der Waals surface area contributed by atoms with Crippen LogP contribution >= 0.6 is 0 Å². The van der Waals surface area contributed by atoms with Gasteiger partial charge in [0.15, 0.2) is 0 Å². The minimum atomic E-state index is -0.321. The summed E-state index contributed by atoms with van der Waals surface area (Å²) in [5.41, 5.74) is 3.48. The quantitative estimate of drug-likeness (QED) is 0.689. The number of carbonyl (C=O) groups excluding carboxylic acids is 1. The Bertz CT molecular complexity index is 839. The Labute approximate surface area is 147 Å². The highest BCUT2D eigenvalue weighted by Crippen LogP contribution is 2.49. The zero-order valence-electron chi connectivity index (χ0n) is 14.7. The minimum Gasteiger partial charge on any atom is -0.467 e. The predicted molar refractivity (Wildman–Crippen MR) is 96.3 cm³/mol. The molecule has 1 fully saturated rings. The van der Waals surface area contributed by atoms with Gasteiger partial charge in [-0.25, -0.2) is 4.79 Å². The standard InChI is InChI=1S/C20H24N2O3/c1-3-13-12-21(8-9-23)17-11-15(13)19(20(24)25-2)22-16-7-5-4-6-14(16)10-18(17)22/h3-7,10,15,17,19,23H,8-9,11-12H2,1-2H3. The molecule has 0 spiro atoms. The molecule has 5 heteroatoms. The van der Waals surface area contributed by atoms with E-state index in [1.54, 1.807) is 0 Å². The van der Waals surface area contributed by atoms with Gasteiger partial charge < -0.3 is 14.4 Å². The highest BCUT2D eigenvalue weighted by Gasteiger charge is 2.46. The fraction of sp³-hybridized carbons (Fsp3) is 0.450. The number of carbonyl (C=O) groups is 1. The lowest BCUT2D eigenvalue weighted by Crippen LogP contribution is -2.48. The van der Waals surface area contributed by atoms with Gasteiger partial charge in [-0.05, 0) is 30.9 Å². The van der Waals surface area contributed by atoms with Gasteiger partial charge >= 0.3 is 5.97 Å². The normalized spacial score (nSPS) is 27.5. The van der Waals surface area contributed by atoms with Gasteiger partial charge in [0, 0.05) is 30.2 Å². The van der Waals surface area contributed by atoms with E-state index < -0.39 is 0 Å². The number of aromatic nitrogens is 1. The van der Waals surface area contributed by atoms with E-state index in [4.69, 9.17) is 4.74 Å². The van der Waals surface area contributed by atoms with Crippen molar-refractivity contribution in [3.05, 3.63) is 47.7 Å². The zero-order valence-corrected chi connectivity index (χ0v) is 14.7. The second kappa shape index (κ2) is 6.32. The van der Waals surface area contributed by atoms with Crippen molar-refractivity contribution in [2.24, 2.45) is 5.92 Å². The summed E-state index contributed by atoms with van der Waals surface area (Å²) < 4.78 is 7.36. The van der Waals surface area contributed by atoms with Crippen molar-refractivity contribution < 1.29 is 14.6 Å². The molecule has 132 valence electrons. The van der Waals surface area contributed by atoms with Gasteiger partial charge in [-0.15, -0.1) is 0 Å². The number of piperidine rings is 1. The number of hydrogen-bond donors (Lipinski definition) is 1. The molecule has 0 saturated carbocycles. The van der Waals surface area contributed by atoms with Gasteiger partial charge in [0.25, 0.3) is 0 Å². The first-order valence-electron chi connectivity index (χ1n) is 8.87. The number of aliphatic hydroxyl groups excluding tert-OH is 1. The van der Waals surface area contributed by atoms with Gasteiger partial charge in [0.1, 0.15) is 6.04 Å². The lowest BCUT2D eigenvalue weighted by Gasteiger charge is -2.48. The molecular weight excluding hydrogens is 316 g/mol. The van der Waals surface area contributed by atoms with Crippen LogP contribution in [0, 0.1) is 5.92 Å². The van der Waals surface area contributed by atoms with Crippen LogP contribution in [0.5, 0.6) is 0 Å². The van der Waals surface area contributed by atoms with E-state index in [-0.39, 0.29) is 30.6 Å². The van der Waals surface area contributed by atoms with Crippen molar-refractivity contribution in [2.45, 2.75) is 25.4 Å². The van der Waals surface area contributed by atoms with E-state index in [9.17, 15) is 9.90 Å². The molecule has 2 aromatic rings. The maximum absolute atomic E-state index is 12.7. The van der Waals surface area contributed by atoms with Crippen LogP contribution in [0.3, 0.4) is 0 Å². The SMILES string of the molecule is CC=C1CN(CCO)C2CC1C(C(=O)OC)n1c2cc2ccccc21. The second-order valence-corrected chi connectivity index (χ2v) is 6.88. The molecule has 2 aliphatic heterocycles. The topological polar surface area (TPSA) is 54.7 Å². The molecule has 2 bridgehead atoms. The molecule has 0 radical (unpaired) electrons. The van der Waals surface area contributed by atoms with E-state index in [0.29, 0.717) is 6.54 Å². The second-order valence-electron chi connectivity index (χ2n) is 6.88. The van der Waals surface area contributed by atoms with Crippen molar-refractivity contribution >= 4 is 16.9 Å². The van der Waals surface area contributed by atoms with Crippen molar-refractivity contribution in [1.82, 2.24) is 9.47 Å².